The first-order valence-corrected chi connectivity index (χ1v) is 12.0. The number of benzene rings is 2. The Balaban J connectivity index is 2.05. The first-order valence-electron chi connectivity index (χ1n) is 9.57. The number of carbonyl (C=O) groups excluding carboxylic acids is 1. The molecule has 0 aliphatic carbocycles. The van der Waals surface area contributed by atoms with Gasteiger partial charge in [0.1, 0.15) is 5.82 Å². The van der Waals surface area contributed by atoms with Crippen molar-refractivity contribution in [3.63, 3.8) is 0 Å². The van der Waals surface area contributed by atoms with Gasteiger partial charge in [-0.25, -0.2) is 17.8 Å². The second kappa shape index (κ2) is 9.20. The van der Waals surface area contributed by atoms with Crippen LogP contribution in [0.15, 0.2) is 47.4 Å². The Morgan fingerprint density at radius 3 is 2.57 bits per heavy atom. The Morgan fingerprint density at radius 1 is 1.13 bits per heavy atom. The Hall–Kier alpha value is -2.36. The van der Waals surface area contributed by atoms with Crippen LogP contribution in [-0.4, -0.2) is 57.1 Å². The number of sulfone groups is 1. The van der Waals surface area contributed by atoms with E-state index in [0.717, 1.165) is 6.54 Å². The second-order valence-electron chi connectivity index (χ2n) is 7.12. The van der Waals surface area contributed by atoms with E-state index < -0.39 is 15.7 Å². The van der Waals surface area contributed by atoms with E-state index in [1.165, 1.54) is 40.5 Å². The fraction of sp³-hybridized carbons (Fsp3) is 0.333. The zero-order valence-electron chi connectivity index (χ0n) is 17.1. The number of hydrogen-bond acceptors (Lipinski definition) is 6. The van der Waals surface area contributed by atoms with Crippen LogP contribution in [0, 0.1) is 5.82 Å². The molecule has 3 aromatic rings. The molecular weight excluding hydrogens is 425 g/mol. The number of thiazole rings is 1. The Kier molecular flexibility index (Phi) is 6.84. The molecule has 2 aromatic carbocycles. The monoisotopic (exact) mass is 449 g/mol. The van der Waals surface area contributed by atoms with Crippen LogP contribution < -0.4 is 4.90 Å². The molecule has 0 unspecified atom stereocenters. The molecule has 0 radical (unpaired) electrons. The van der Waals surface area contributed by atoms with Crippen LogP contribution in [0.3, 0.4) is 0 Å². The number of anilines is 1. The van der Waals surface area contributed by atoms with Crippen molar-refractivity contribution in [3.8, 4) is 0 Å². The summed E-state index contributed by atoms with van der Waals surface area (Å²) in [6.45, 7) is 2.66. The van der Waals surface area contributed by atoms with Gasteiger partial charge in [-0.05, 0) is 57.4 Å². The smallest absolute Gasteiger partial charge is 0.261 e. The third-order valence-corrected chi connectivity index (χ3v) is 7.46. The Labute approximate surface area is 179 Å². The van der Waals surface area contributed by atoms with Crippen molar-refractivity contribution in [2.75, 3.05) is 37.8 Å². The summed E-state index contributed by atoms with van der Waals surface area (Å²) in [5, 5.41) is 0.419. The van der Waals surface area contributed by atoms with Crippen molar-refractivity contribution in [2.24, 2.45) is 0 Å². The number of halogens is 1. The van der Waals surface area contributed by atoms with Gasteiger partial charge in [-0.15, -0.1) is 0 Å². The molecule has 160 valence electrons. The van der Waals surface area contributed by atoms with Gasteiger partial charge < -0.3 is 4.90 Å². The molecule has 0 bridgehead atoms. The molecule has 0 spiro atoms. The summed E-state index contributed by atoms with van der Waals surface area (Å²) in [5.74, 6) is -0.901. The molecule has 0 fully saturated rings. The van der Waals surface area contributed by atoms with Gasteiger partial charge in [-0.2, -0.15) is 0 Å². The lowest BCUT2D eigenvalue weighted by molar-refractivity contribution is 0.0983. The van der Waals surface area contributed by atoms with E-state index in [1.54, 1.807) is 25.1 Å². The Morgan fingerprint density at radius 2 is 1.87 bits per heavy atom. The standard InChI is InChI=1S/C21H24FN3O3S2/c1-4-30(27,28)19-9-6-5-8-16(19)20(26)25(13-7-12-24(2)3)21-23-17-11-10-15(22)14-18(17)29-21/h5-6,8-11,14H,4,7,12-13H2,1-3H3. The number of aromatic nitrogens is 1. The first kappa shape index (κ1) is 22.3. The predicted octanol–water partition coefficient (Wildman–Crippen LogP) is 3.83. The van der Waals surface area contributed by atoms with Crippen molar-refractivity contribution in [1.82, 2.24) is 9.88 Å². The number of fused-ring (bicyclic) bond motifs is 1. The molecule has 0 atom stereocenters. The van der Waals surface area contributed by atoms with Gasteiger partial charge in [0.15, 0.2) is 15.0 Å². The quantitative estimate of drug-likeness (QED) is 0.523. The molecule has 6 nitrogen and oxygen atoms in total. The van der Waals surface area contributed by atoms with E-state index in [1.807, 2.05) is 19.0 Å². The fourth-order valence-corrected chi connectivity index (χ4v) is 5.15. The van der Waals surface area contributed by atoms with E-state index in [9.17, 15) is 17.6 Å². The summed E-state index contributed by atoms with van der Waals surface area (Å²) in [5.41, 5.74) is 0.714. The van der Waals surface area contributed by atoms with Gasteiger partial charge in [-0.1, -0.05) is 30.4 Å². The minimum atomic E-state index is -3.58. The molecule has 30 heavy (non-hydrogen) atoms. The van der Waals surface area contributed by atoms with Crippen LogP contribution >= 0.6 is 11.3 Å². The summed E-state index contributed by atoms with van der Waals surface area (Å²) in [7, 11) is 0.304. The molecular formula is C21H24FN3O3S2. The van der Waals surface area contributed by atoms with Crippen molar-refractivity contribution in [1.29, 1.82) is 0 Å². The van der Waals surface area contributed by atoms with Gasteiger partial charge in [0.25, 0.3) is 5.91 Å². The lowest BCUT2D eigenvalue weighted by Gasteiger charge is -2.22. The third kappa shape index (κ3) is 4.85. The van der Waals surface area contributed by atoms with Crippen LogP contribution in [0.4, 0.5) is 9.52 Å². The molecule has 0 saturated carbocycles. The molecule has 1 aromatic heterocycles. The zero-order valence-corrected chi connectivity index (χ0v) is 18.8. The first-order chi connectivity index (χ1) is 14.2. The van der Waals surface area contributed by atoms with E-state index in [-0.39, 0.29) is 22.0 Å². The van der Waals surface area contributed by atoms with E-state index in [2.05, 4.69) is 4.98 Å². The summed E-state index contributed by atoms with van der Waals surface area (Å²) in [6.07, 6.45) is 0.672. The van der Waals surface area contributed by atoms with Gasteiger partial charge in [0.2, 0.25) is 0 Å². The summed E-state index contributed by atoms with van der Waals surface area (Å²) in [6, 6.07) is 10.5. The normalized spacial score (nSPS) is 11.9. The second-order valence-corrected chi connectivity index (χ2v) is 10.4. The number of hydrogen-bond donors (Lipinski definition) is 0. The molecule has 0 saturated heterocycles. The van der Waals surface area contributed by atoms with Gasteiger partial charge in [0, 0.05) is 6.54 Å². The van der Waals surface area contributed by atoms with Crippen LogP contribution in [0.25, 0.3) is 10.2 Å². The molecule has 3 rings (SSSR count). The molecule has 0 aliphatic rings. The van der Waals surface area contributed by atoms with Crippen LogP contribution in [-0.2, 0) is 9.84 Å². The van der Waals surface area contributed by atoms with Crippen molar-refractivity contribution in [3.05, 3.63) is 53.8 Å². The van der Waals surface area contributed by atoms with E-state index in [4.69, 9.17) is 0 Å². The minimum Gasteiger partial charge on any atom is -0.309 e. The molecule has 9 heteroatoms. The molecule has 1 amide bonds. The predicted molar refractivity (Wildman–Crippen MR) is 119 cm³/mol. The third-order valence-electron chi connectivity index (χ3n) is 4.63. The van der Waals surface area contributed by atoms with E-state index in [0.29, 0.717) is 28.3 Å². The highest BCUT2D eigenvalue weighted by Crippen LogP contribution is 2.31. The highest BCUT2D eigenvalue weighted by molar-refractivity contribution is 7.91. The van der Waals surface area contributed by atoms with Crippen LogP contribution in [0.2, 0.25) is 0 Å². The average molecular weight is 450 g/mol. The topological polar surface area (TPSA) is 70.6 Å². The largest absolute Gasteiger partial charge is 0.309 e. The van der Waals surface area contributed by atoms with Gasteiger partial charge >= 0.3 is 0 Å². The average Bonchev–Trinajstić information content (AvgIpc) is 3.13. The molecule has 1 heterocycles. The summed E-state index contributed by atoms with van der Waals surface area (Å²) >= 11 is 1.21. The van der Waals surface area contributed by atoms with Gasteiger partial charge in [-0.3, -0.25) is 9.69 Å². The molecule has 0 N–H and O–H groups in total. The van der Waals surface area contributed by atoms with E-state index >= 15 is 0 Å². The Bertz CT molecular complexity index is 1160. The summed E-state index contributed by atoms with van der Waals surface area (Å²) in [4.78, 5) is 21.5. The lowest BCUT2D eigenvalue weighted by atomic mass is 10.2. The van der Waals surface area contributed by atoms with Crippen LogP contribution in [0.5, 0.6) is 0 Å². The maximum absolute atomic E-state index is 13.6. The maximum Gasteiger partial charge on any atom is 0.261 e. The lowest BCUT2D eigenvalue weighted by Crippen LogP contribution is -2.34. The fourth-order valence-electron chi connectivity index (χ4n) is 3.05. The number of carbonyl (C=O) groups is 1. The maximum atomic E-state index is 13.6. The van der Waals surface area contributed by atoms with Gasteiger partial charge in [0.05, 0.1) is 26.4 Å². The van der Waals surface area contributed by atoms with Crippen molar-refractivity contribution in [2.45, 2.75) is 18.2 Å². The van der Waals surface area contributed by atoms with Crippen LogP contribution in [0.1, 0.15) is 23.7 Å². The minimum absolute atomic E-state index is 0.0160. The highest BCUT2D eigenvalue weighted by Gasteiger charge is 2.27. The molecule has 0 aliphatic heterocycles. The number of nitrogens with zero attached hydrogens (tertiary/aromatic N) is 3. The SMILES string of the molecule is CCS(=O)(=O)c1ccccc1C(=O)N(CCCN(C)C)c1nc2ccc(F)cc2s1. The number of amides is 1. The van der Waals surface area contributed by atoms with Crippen molar-refractivity contribution >= 4 is 42.4 Å². The highest BCUT2D eigenvalue weighted by atomic mass is 32.2. The zero-order chi connectivity index (χ0) is 21.9. The number of rotatable bonds is 8. The summed E-state index contributed by atoms with van der Waals surface area (Å²) < 4.78 is 39.3. The van der Waals surface area contributed by atoms with Crippen molar-refractivity contribution < 1.29 is 17.6 Å².